The van der Waals surface area contributed by atoms with Crippen molar-refractivity contribution >= 4 is 15.9 Å². The highest BCUT2D eigenvalue weighted by Gasteiger charge is 2.09. The molecule has 1 N–H and O–H groups in total. The van der Waals surface area contributed by atoms with E-state index in [0.29, 0.717) is 6.54 Å². The number of hydrogen-bond donors (Lipinski definition) is 1. The molecule has 0 radical (unpaired) electrons. The molecule has 0 bridgehead atoms. The number of benzene rings is 1. The van der Waals surface area contributed by atoms with Crippen LogP contribution in [-0.2, 0) is 13.1 Å². The maximum absolute atomic E-state index is 5.31. The summed E-state index contributed by atoms with van der Waals surface area (Å²) in [7, 11) is 2.03. The first-order valence-electron chi connectivity index (χ1n) is 6.46. The summed E-state index contributed by atoms with van der Waals surface area (Å²) < 4.78 is 1.14. The van der Waals surface area contributed by atoms with Crippen LogP contribution in [-0.4, -0.2) is 24.0 Å². The topological polar surface area (TPSA) is 15.3 Å². The van der Waals surface area contributed by atoms with Gasteiger partial charge in [0.2, 0.25) is 0 Å². The molecule has 0 spiro atoms. The third-order valence-corrected chi connectivity index (χ3v) is 3.48. The Balaban J connectivity index is 2.67. The molecule has 0 heterocycles. The maximum Gasteiger partial charge on any atom is 0.0599 e. The predicted molar refractivity (Wildman–Crippen MR) is 85.9 cm³/mol. The highest BCUT2D eigenvalue weighted by atomic mass is 79.9. The Morgan fingerprint density at radius 1 is 1.37 bits per heavy atom. The Morgan fingerprint density at radius 2 is 2.05 bits per heavy atom. The lowest BCUT2D eigenvalue weighted by molar-refractivity contribution is 0.368. The maximum atomic E-state index is 5.31. The Labute approximate surface area is 125 Å². The average Bonchev–Trinajstić information content (AvgIpc) is 2.29. The minimum atomic E-state index is 0.137. The van der Waals surface area contributed by atoms with Crippen LogP contribution in [0.15, 0.2) is 22.7 Å². The molecule has 0 amide bonds. The fourth-order valence-corrected chi connectivity index (χ4v) is 2.25. The second-order valence-electron chi connectivity index (χ2n) is 5.91. The zero-order chi connectivity index (χ0) is 14.5. The summed E-state index contributed by atoms with van der Waals surface area (Å²) in [6.45, 7) is 8.92. The van der Waals surface area contributed by atoms with Crippen LogP contribution in [0.25, 0.3) is 0 Å². The lowest BCUT2D eigenvalue weighted by Crippen LogP contribution is -2.35. The molecular formula is C16H23BrN2. The number of terminal acetylenes is 1. The molecule has 0 aliphatic rings. The van der Waals surface area contributed by atoms with Crippen LogP contribution in [0.4, 0.5) is 0 Å². The van der Waals surface area contributed by atoms with Gasteiger partial charge in [0.15, 0.2) is 0 Å². The van der Waals surface area contributed by atoms with Crippen molar-refractivity contribution in [2.45, 2.75) is 39.4 Å². The minimum absolute atomic E-state index is 0.137. The quantitative estimate of drug-likeness (QED) is 0.836. The third-order valence-electron chi connectivity index (χ3n) is 2.74. The lowest BCUT2D eigenvalue weighted by atomic mass is 10.1. The first kappa shape index (κ1) is 16.2. The van der Waals surface area contributed by atoms with E-state index in [0.717, 1.165) is 17.6 Å². The smallest absolute Gasteiger partial charge is 0.0599 e. The average molecular weight is 323 g/mol. The number of nitrogens with one attached hydrogen (secondary N) is 1. The highest BCUT2D eigenvalue weighted by molar-refractivity contribution is 9.10. The van der Waals surface area contributed by atoms with Gasteiger partial charge in [0.1, 0.15) is 0 Å². The van der Waals surface area contributed by atoms with Crippen LogP contribution in [0.1, 0.15) is 31.9 Å². The van der Waals surface area contributed by atoms with Crippen LogP contribution in [0.5, 0.6) is 0 Å². The molecule has 104 valence electrons. The fraction of sp³-hybridized carbons (Fsp3) is 0.500. The van der Waals surface area contributed by atoms with Gasteiger partial charge in [0, 0.05) is 23.1 Å². The minimum Gasteiger partial charge on any atom is -0.308 e. The lowest BCUT2D eigenvalue weighted by Gasteiger charge is -2.21. The van der Waals surface area contributed by atoms with E-state index in [4.69, 9.17) is 6.42 Å². The second-order valence-corrected chi connectivity index (χ2v) is 6.76. The molecule has 0 unspecified atom stereocenters. The predicted octanol–water partition coefficient (Wildman–Crippen LogP) is 3.40. The fourth-order valence-electron chi connectivity index (χ4n) is 1.70. The van der Waals surface area contributed by atoms with E-state index >= 15 is 0 Å². The zero-order valence-corrected chi connectivity index (χ0v) is 13.8. The largest absolute Gasteiger partial charge is 0.308 e. The van der Waals surface area contributed by atoms with Crippen molar-refractivity contribution in [3.05, 3.63) is 33.8 Å². The van der Waals surface area contributed by atoms with E-state index in [1.54, 1.807) is 0 Å². The molecule has 0 aliphatic heterocycles. The molecule has 0 aromatic heterocycles. The van der Waals surface area contributed by atoms with E-state index in [1.165, 1.54) is 11.1 Å². The van der Waals surface area contributed by atoms with Crippen molar-refractivity contribution in [3.63, 3.8) is 0 Å². The zero-order valence-electron chi connectivity index (χ0n) is 12.3. The second kappa shape index (κ2) is 7.09. The number of rotatable bonds is 5. The van der Waals surface area contributed by atoms with E-state index in [1.807, 2.05) is 7.05 Å². The molecule has 1 rings (SSSR count). The summed E-state index contributed by atoms with van der Waals surface area (Å²) >= 11 is 3.64. The van der Waals surface area contributed by atoms with E-state index in [-0.39, 0.29) is 5.54 Å². The van der Waals surface area contributed by atoms with Crippen LogP contribution in [0, 0.1) is 12.3 Å². The third kappa shape index (κ3) is 6.24. The van der Waals surface area contributed by atoms with Crippen LogP contribution in [0.3, 0.4) is 0 Å². The van der Waals surface area contributed by atoms with Gasteiger partial charge >= 0.3 is 0 Å². The van der Waals surface area contributed by atoms with Crippen molar-refractivity contribution in [1.29, 1.82) is 0 Å². The number of nitrogens with zero attached hydrogens (tertiary/aromatic N) is 1. The first-order valence-corrected chi connectivity index (χ1v) is 7.25. The molecule has 3 heteroatoms. The monoisotopic (exact) mass is 322 g/mol. The summed E-state index contributed by atoms with van der Waals surface area (Å²) in [5.41, 5.74) is 2.68. The molecule has 0 saturated heterocycles. The molecule has 0 saturated carbocycles. The Morgan fingerprint density at radius 3 is 2.58 bits per heavy atom. The summed E-state index contributed by atoms with van der Waals surface area (Å²) in [6.07, 6.45) is 5.31. The van der Waals surface area contributed by atoms with Crippen molar-refractivity contribution < 1.29 is 0 Å². The summed E-state index contributed by atoms with van der Waals surface area (Å²) in [6, 6.07) is 6.51. The SMILES string of the molecule is C#CCN(C)Cc1ccc(CNC(C)(C)C)cc1Br. The van der Waals surface area contributed by atoms with Gasteiger partial charge in [0.05, 0.1) is 6.54 Å². The van der Waals surface area contributed by atoms with Gasteiger partial charge in [-0.15, -0.1) is 6.42 Å². The highest BCUT2D eigenvalue weighted by Crippen LogP contribution is 2.20. The van der Waals surface area contributed by atoms with Crippen molar-refractivity contribution in [1.82, 2.24) is 10.2 Å². The van der Waals surface area contributed by atoms with E-state index < -0.39 is 0 Å². The van der Waals surface area contributed by atoms with E-state index in [9.17, 15) is 0 Å². The van der Waals surface area contributed by atoms with Gasteiger partial charge in [-0.1, -0.05) is 34.0 Å². The molecule has 1 aromatic rings. The summed E-state index contributed by atoms with van der Waals surface area (Å²) in [5, 5.41) is 3.49. The molecule has 1 aromatic carbocycles. The van der Waals surface area contributed by atoms with Crippen LogP contribution < -0.4 is 5.32 Å². The van der Waals surface area contributed by atoms with Crippen molar-refractivity contribution in [3.8, 4) is 12.3 Å². The molecular weight excluding hydrogens is 300 g/mol. The Bertz CT molecular complexity index is 455. The van der Waals surface area contributed by atoms with Crippen LogP contribution >= 0.6 is 15.9 Å². The van der Waals surface area contributed by atoms with Gasteiger partial charge in [-0.25, -0.2) is 0 Å². The van der Waals surface area contributed by atoms with Gasteiger partial charge in [-0.3, -0.25) is 4.90 Å². The van der Waals surface area contributed by atoms with Gasteiger partial charge < -0.3 is 5.32 Å². The molecule has 0 fully saturated rings. The molecule has 19 heavy (non-hydrogen) atoms. The summed E-state index contributed by atoms with van der Waals surface area (Å²) in [4.78, 5) is 2.12. The van der Waals surface area contributed by atoms with Gasteiger partial charge in [-0.2, -0.15) is 0 Å². The molecule has 2 nitrogen and oxygen atoms in total. The Kier molecular flexibility index (Phi) is 6.06. The Hall–Kier alpha value is -0.820. The van der Waals surface area contributed by atoms with Gasteiger partial charge in [-0.05, 0) is 45.0 Å². The number of halogens is 1. The molecule has 0 aliphatic carbocycles. The summed E-state index contributed by atoms with van der Waals surface area (Å²) in [5.74, 6) is 2.66. The van der Waals surface area contributed by atoms with Crippen molar-refractivity contribution in [2.24, 2.45) is 0 Å². The first-order chi connectivity index (χ1) is 8.81. The van der Waals surface area contributed by atoms with E-state index in [2.05, 4.69) is 71.0 Å². The number of hydrogen-bond acceptors (Lipinski definition) is 2. The molecule has 0 atom stereocenters. The van der Waals surface area contributed by atoms with Crippen molar-refractivity contribution in [2.75, 3.05) is 13.6 Å². The normalized spacial score (nSPS) is 11.6. The van der Waals surface area contributed by atoms with Gasteiger partial charge in [0.25, 0.3) is 0 Å². The standard InChI is InChI=1S/C16H23BrN2/c1-6-9-19(5)12-14-8-7-13(10-15(14)17)11-18-16(2,3)4/h1,7-8,10,18H,9,11-12H2,2-5H3. The van der Waals surface area contributed by atoms with Crippen LogP contribution in [0.2, 0.25) is 0 Å².